The first kappa shape index (κ1) is 40.3. The number of hydrogen-bond donors (Lipinski definition) is 3. The lowest BCUT2D eigenvalue weighted by molar-refractivity contribution is -0.143. The molecule has 1 aromatic heterocycles. The van der Waals surface area contributed by atoms with Gasteiger partial charge < -0.3 is 39.2 Å². The normalized spacial score (nSPS) is 29.5. The number of pyridine rings is 1. The maximum Gasteiger partial charge on any atom is 0.408 e. The highest BCUT2D eigenvalue weighted by atomic mass is 32.2. The fourth-order valence-corrected chi connectivity index (χ4v) is 9.18. The SMILES string of the molecule is C=C[C@H]1C[C@@]1(NC(=O)[C@@H]1C[C@@H]2CN1C(=O)[C@H](C(C)(C)C)NC(=O)O[C@H]1COC[C@@H]1C/C=C/c1cc3c(cc(OCC)nc3cc1OC)O2)C(=O)NS(=O)(=O)C1CC1. The molecule has 5 aliphatic rings. The Kier molecular flexibility index (Phi) is 10.9. The Balaban J connectivity index is 1.28. The van der Waals surface area contributed by atoms with E-state index in [4.69, 9.17) is 23.7 Å². The van der Waals surface area contributed by atoms with Crippen molar-refractivity contribution in [2.45, 2.75) is 94.9 Å². The minimum Gasteiger partial charge on any atom is -0.496 e. The number of nitrogens with one attached hydrogen (secondary N) is 3. The van der Waals surface area contributed by atoms with Gasteiger partial charge in [-0.25, -0.2) is 18.2 Å². The van der Waals surface area contributed by atoms with Crippen LogP contribution in [-0.4, -0.2) is 111 Å². The van der Waals surface area contributed by atoms with Crippen LogP contribution in [0.2, 0.25) is 0 Å². The smallest absolute Gasteiger partial charge is 0.408 e. The second-order valence-electron chi connectivity index (χ2n) is 16.5. The minimum absolute atomic E-state index is 0.00645. The summed E-state index contributed by atoms with van der Waals surface area (Å²) in [6.07, 6.45) is 4.77. The zero-order chi connectivity index (χ0) is 40.9. The molecule has 4 bridgehead atoms. The van der Waals surface area contributed by atoms with Crippen molar-refractivity contribution in [2.75, 3.05) is 33.5 Å². The van der Waals surface area contributed by atoms with E-state index < -0.39 is 80.3 Å². The summed E-state index contributed by atoms with van der Waals surface area (Å²) in [6, 6.07) is 3.00. The molecule has 2 aliphatic carbocycles. The Bertz CT molecular complexity index is 2100. The van der Waals surface area contributed by atoms with Gasteiger partial charge in [-0.2, -0.15) is 0 Å². The van der Waals surface area contributed by atoms with E-state index in [1.807, 2.05) is 25.1 Å². The Labute approximate surface area is 332 Å². The van der Waals surface area contributed by atoms with Crippen molar-refractivity contribution in [3.05, 3.63) is 42.5 Å². The number of carbonyl (C=O) groups is 4. The lowest BCUT2D eigenvalue weighted by atomic mass is 9.85. The van der Waals surface area contributed by atoms with E-state index in [0.717, 1.165) is 5.56 Å². The molecule has 17 heteroatoms. The van der Waals surface area contributed by atoms with E-state index in [0.29, 0.717) is 60.8 Å². The quantitative estimate of drug-likeness (QED) is 0.313. The van der Waals surface area contributed by atoms with E-state index in [1.54, 1.807) is 40.0 Å². The maximum absolute atomic E-state index is 14.7. The third-order valence-electron chi connectivity index (χ3n) is 11.3. The molecular formula is C40H51N5O11S. The molecule has 1 aromatic carbocycles. The number of fused-ring (bicyclic) bond motifs is 4. The number of sulfonamides is 1. The number of nitrogens with zero attached hydrogens (tertiary/aromatic N) is 2. The molecule has 4 amide bonds. The lowest BCUT2D eigenvalue weighted by Crippen LogP contribution is -2.60. The average molecular weight is 810 g/mol. The van der Waals surface area contributed by atoms with Gasteiger partial charge in [0.05, 0.1) is 44.2 Å². The largest absolute Gasteiger partial charge is 0.496 e. The number of rotatable bonds is 9. The first-order chi connectivity index (χ1) is 27.1. The van der Waals surface area contributed by atoms with Crippen LogP contribution in [0.1, 0.15) is 65.4 Å². The summed E-state index contributed by atoms with van der Waals surface area (Å²) < 4.78 is 57.5. The summed E-state index contributed by atoms with van der Waals surface area (Å²) in [7, 11) is -2.36. The predicted octanol–water partition coefficient (Wildman–Crippen LogP) is 3.23. The monoisotopic (exact) mass is 809 g/mol. The minimum atomic E-state index is -3.92. The lowest BCUT2D eigenvalue weighted by Gasteiger charge is -2.35. The fraction of sp³-hybridized carbons (Fsp3) is 0.575. The van der Waals surface area contributed by atoms with Crippen LogP contribution in [0.25, 0.3) is 17.0 Å². The Morgan fingerprint density at radius 3 is 2.60 bits per heavy atom. The van der Waals surface area contributed by atoms with Crippen molar-refractivity contribution in [1.29, 1.82) is 0 Å². The number of hydrogen-bond acceptors (Lipinski definition) is 12. The van der Waals surface area contributed by atoms with E-state index >= 15 is 0 Å². The van der Waals surface area contributed by atoms with Gasteiger partial charge in [0, 0.05) is 41.3 Å². The molecule has 3 N–H and O–H groups in total. The Morgan fingerprint density at radius 2 is 1.93 bits per heavy atom. The highest BCUT2D eigenvalue weighted by molar-refractivity contribution is 7.91. The van der Waals surface area contributed by atoms with Crippen molar-refractivity contribution < 1.29 is 51.3 Å². The summed E-state index contributed by atoms with van der Waals surface area (Å²) in [5.41, 5.74) is -1.16. The molecule has 16 nitrogen and oxygen atoms in total. The molecule has 7 atom stereocenters. The van der Waals surface area contributed by atoms with Crippen molar-refractivity contribution >= 4 is 50.8 Å². The van der Waals surface area contributed by atoms with Gasteiger partial charge in [0.2, 0.25) is 27.7 Å². The van der Waals surface area contributed by atoms with Crippen LogP contribution in [0.3, 0.4) is 0 Å². The summed E-state index contributed by atoms with van der Waals surface area (Å²) in [6.45, 7) is 11.8. The predicted molar refractivity (Wildman–Crippen MR) is 208 cm³/mol. The number of benzene rings is 1. The first-order valence-electron chi connectivity index (χ1n) is 19.4. The fourth-order valence-electron chi connectivity index (χ4n) is 7.82. The molecule has 4 fully saturated rings. The van der Waals surface area contributed by atoms with Crippen LogP contribution in [0.5, 0.6) is 17.4 Å². The van der Waals surface area contributed by atoms with Crippen LogP contribution >= 0.6 is 0 Å². The zero-order valence-electron chi connectivity index (χ0n) is 32.9. The molecule has 2 aromatic rings. The molecule has 0 spiro atoms. The molecule has 2 saturated carbocycles. The van der Waals surface area contributed by atoms with Crippen molar-refractivity contribution in [2.24, 2.45) is 17.3 Å². The molecular weight excluding hydrogens is 759 g/mol. The van der Waals surface area contributed by atoms with Gasteiger partial charge >= 0.3 is 6.09 Å². The number of allylic oxidation sites excluding steroid dienone is 1. The molecule has 3 aliphatic heterocycles. The van der Waals surface area contributed by atoms with Gasteiger partial charge in [0.1, 0.15) is 41.3 Å². The number of alkyl carbamates (subject to hydrolysis) is 1. The average Bonchev–Trinajstić information content (AvgIpc) is 4.05. The van der Waals surface area contributed by atoms with Gasteiger partial charge in [-0.05, 0) is 44.1 Å². The van der Waals surface area contributed by atoms with Crippen LogP contribution in [0, 0.1) is 17.3 Å². The first-order valence-corrected chi connectivity index (χ1v) is 21.0. The van der Waals surface area contributed by atoms with Crippen molar-refractivity contribution in [1.82, 2.24) is 25.2 Å². The molecule has 4 heterocycles. The van der Waals surface area contributed by atoms with Crippen molar-refractivity contribution in [3.8, 4) is 17.4 Å². The van der Waals surface area contributed by atoms with Gasteiger partial charge in [-0.15, -0.1) is 6.58 Å². The molecule has 2 saturated heterocycles. The Hall–Kier alpha value is -4.90. The summed E-state index contributed by atoms with van der Waals surface area (Å²) in [5, 5.41) is 5.56. The molecule has 7 rings (SSSR count). The van der Waals surface area contributed by atoms with Crippen LogP contribution in [0.15, 0.2) is 36.9 Å². The third-order valence-corrected chi connectivity index (χ3v) is 13.1. The van der Waals surface area contributed by atoms with Gasteiger partial charge in [0.15, 0.2) is 0 Å². The molecule has 0 unspecified atom stereocenters. The highest BCUT2D eigenvalue weighted by Crippen LogP contribution is 2.46. The summed E-state index contributed by atoms with van der Waals surface area (Å²) in [4.78, 5) is 62.4. The van der Waals surface area contributed by atoms with Crippen molar-refractivity contribution in [3.63, 3.8) is 0 Å². The van der Waals surface area contributed by atoms with Gasteiger partial charge in [-0.1, -0.05) is 39.0 Å². The number of methoxy groups -OCH3 is 1. The number of amides is 4. The van der Waals surface area contributed by atoms with E-state index in [2.05, 4.69) is 26.9 Å². The number of ether oxygens (including phenoxy) is 5. The second kappa shape index (κ2) is 15.5. The highest BCUT2D eigenvalue weighted by Gasteiger charge is 2.62. The second-order valence-corrected chi connectivity index (χ2v) is 18.5. The topological polar surface area (TPSA) is 201 Å². The van der Waals surface area contributed by atoms with Crippen LogP contribution in [0.4, 0.5) is 4.79 Å². The van der Waals surface area contributed by atoms with Gasteiger partial charge in [-0.3, -0.25) is 19.1 Å². The zero-order valence-corrected chi connectivity index (χ0v) is 33.7. The van der Waals surface area contributed by atoms with Gasteiger partial charge in [0.25, 0.3) is 5.91 Å². The van der Waals surface area contributed by atoms with E-state index in [-0.39, 0.29) is 31.9 Å². The number of carbonyl (C=O) groups excluding carboxylic acids is 4. The summed E-state index contributed by atoms with van der Waals surface area (Å²) >= 11 is 0. The molecule has 57 heavy (non-hydrogen) atoms. The summed E-state index contributed by atoms with van der Waals surface area (Å²) in [5.74, 6) is -1.56. The number of aromatic nitrogens is 1. The standard InChI is InChI=1S/C40H51N5O11S/c1-7-24-18-40(24,37(48)44-57(50,51)26-12-13-26)43-35(46)29-15-25-19-45(29)36(47)34(39(3,4)5)42-38(49)56-32-21-53-20-23(32)11-9-10-22-14-27-28(16-30(22)52-6)41-33(54-8-2)17-31(27)55-25/h7,9-10,14,16-17,23-26,29,32,34H,1,8,11-13,15,18-21H2,2-6H3,(H,42,49)(H,43,46)(H,44,48)/b10-9+/t23-,24-,25+,29-,32-,34+,40-/m0/s1. The van der Waals surface area contributed by atoms with Crippen LogP contribution in [-0.2, 0) is 33.9 Å². The van der Waals surface area contributed by atoms with Crippen LogP contribution < -0.4 is 29.6 Å². The van der Waals surface area contributed by atoms with E-state index in [1.165, 1.54) is 11.0 Å². The maximum atomic E-state index is 14.7. The Morgan fingerprint density at radius 1 is 1.16 bits per heavy atom. The molecule has 0 radical (unpaired) electrons. The van der Waals surface area contributed by atoms with E-state index in [9.17, 15) is 27.6 Å². The molecule has 308 valence electrons. The third kappa shape index (κ3) is 8.26.